The molecule has 0 bridgehead atoms. The van der Waals surface area contributed by atoms with Crippen LogP contribution in [0.2, 0.25) is 0 Å². The van der Waals surface area contributed by atoms with Crippen LogP contribution in [0.1, 0.15) is 18.9 Å². The first kappa shape index (κ1) is 12.4. The highest BCUT2D eigenvalue weighted by Crippen LogP contribution is 2.17. The lowest BCUT2D eigenvalue weighted by atomic mass is 10.2. The Morgan fingerprint density at radius 1 is 1.17 bits per heavy atom. The van der Waals surface area contributed by atoms with Crippen LogP contribution in [0.3, 0.4) is 0 Å². The van der Waals surface area contributed by atoms with Gasteiger partial charge in [0.2, 0.25) is 5.91 Å². The number of carbonyl (C=O) groups excluding carboxylic acids is 1. The monoisotopic (exact) mass is 243 g/mol. The first-order chi connectivity index (χ1) is 8.70. The van der Waals surface area contributed by atoms with Crippen molar-refractivity contribution in [2.45, 2.75) is 13.3 Å². The lowest BCUT2D eigenvalue weighted by molar-refractivity contribution is -0.128. The molecule has 0 aromatic heterocycles. The maximum atomic E-state index is 11.3. The Hall–Kier alpha value is -2.02. The van der Waals surface area contributed by atoms with Crippen LogP contribution >= 0.6 is 0 Å². The van der Waals surface area contributed by atoms with Gasteiger partial charge >= 0.3 is 0 Å². The largest absolute Gasteiger partial charge is 0.370 e. The van der Waals surface area contributed by atoms with Crippen molar-refractivity contribution >= 4 is 11.6 Å². The number of anilines is 1. The van der Waals surface area contributed by atoms with E-state index in [0.717, 1.165) is 38.3 Å². The molecule has 0 saturated carbocycles. The molecule has 1 aliphatic rings. The first-order valence-corrected chi connectivity index (χ1v) is 6.21. The van der Waals surface area contributed by atoms with Gasteiger partial charge in [-0.1, -0.05) is 0 Å². The molecule has 1 aliphatic heterocycles. The fourth-order valence-electron chi connectivity index (χ4n) is 2.24. The van der Waals surface area contributed by atoms with Gasteiger partial charge in [0.25, 0.3) is 0 Å². The first-order valence-electron chi connectivity index (χ1n) is 6.21. The van der Waals surface area contributed by atoms with Crippen molar-refractivity contribution in [3.05, 3.63) is 29.8 Å². The molecule has 0 spiro atoms. The number of amides is 1. The van der Waals surface area contributed by atoms with Crippen molar-refractivity contribution in [3.63, 3.8) is 0 Å². The molecule has 94 valence electrons. The fraction of sp³-hybridized carbons (Fsp3) is 0.429. The Labute approximate surface area is 107 Å². The smallest absolute Gasteiger partial charge is 0.219 e. The van der Waals surface area contributed by atoms with E-state index in [1.165, 1.54) is 0 Å². The van der Waals surface area contributed by atoms with Gasteiger partial charge in [0.05, 0.1) is 11.6 Å². The molecular formula is C14H17N3O. The molecule has 18 heavy (non-hydrogen) atoms. The number of nitriles is 1. The van der Waals surface area contributed by atoms with E-state index in [0.29, 0.717) is 5.56 Å². The number of hydrogen-bond donors (Lipinski definition) is 0. The van der Waals surface area contributed by atoms with Crippen LogP contribution in [0.15, 0.2) is 24.3 Å². The second-order valence-electron chi connectivity index (χ2n) is 4.51. The molecular weight excluding hydrogens is 226 g/mol. The predicted octanol–water partition coefficient (Wildman–Crippen LogP) is 1.62. The van der Waals surface area contributed by atoms with E-state index in [1.807, 2.05) is 29.2 Å². The van der Waals surface area contributed by atoms with Gasteiger partial charge in [-0.3, -0.25) is 4.79 Å². The minimum Gasteiger partial charge on any atom is -0.370 e. The molecule has 0 atom stereocenters. The average molecular weight is 243 g/mol. The van der Waals surface area contributed by atoms with Gasteiger partial charge in [-0.2, -0.15) is 5.26 Å². The SMILES string of the molecule is CC(=O)N1CCCN(c2ccc(C#N)cc2)CC1. The Morgan fingerprint density at radius 3 is 2.50 bits per heavy atom. The van der Waals surface area contributed by atoms with E-state index in [1.54, 1.807) is 6.92 Å². The van der Waals surface area contributed by atoms with E-state index in [2.05, 4.69) is 11.0 Å². The van der Waals surface area contributed by atoms with Gasteiger partial charge in [-0.25, -0.2) is 0 Å². The third-order valence-electron chi connectivity index (χ3n) is 3.30. The van der Waals surface area contributed by atoms with Gasteiger partial charge in [-0.15, -0.1) is 0 Å². The number of carbonyl (C=O) groups is 1. The summed E-state index contributed by atoms with van der Waals surface area (Å²) in [4.78, 5) is 15.5. The number of hydrogen-bond acceptors (Lipinski definition) is 3. The summed E-state index contributed by atoms with van der Waals surface area (Å²) in [5, 5.41) is 8.77. The highest BCUT2D eigenvalue weighted by Gasteiger charge is 2.16. The summed E-state index contributed by atoms with van der Waals surface area (Å²) in [5.74, 6) is 0.150. The van der Waals surface area contributed by atoms with Gasteiger partial charge < -0.3 is 9.80 Å². The van der Waals surface area contributed by atoms with E-state index in [9.17, 15) is 4.79 Å². The molecule has 2 rings (SSSR count). The van der Waals surface area contributed by atoms with Gasteiger partial charge in [0.15, 0.2) is 0 Å². The molecule has 1 saturated heterocycles. The fourth-order valence-corrected chi connectivity index (χ4v) is 2.24. The maximum absolute atomic E-state index is 11.3. The molecule has 1 fully saturated rings. The number of nitrogens with zero attached hydrogens (tertiary/aromatic N) is 3. The summed E-state index contributed by atoms with van der Waals surface area (Å²) >= 11 is 0. The minimum atomic E-state index is 0.150. The van der Waals surface area contributed by atoms with Crippen molar-refractivity contribution < 1.29 is 4.79 Å². The molecule has 0 aliphatic carbocycles. The molecule has 0 radical (unpaired) electrons. The summed E-state index contributed by atoms with van der Waals surface area (Å²) < 4.78 is 0. The standard InChI is InChI=1S/C14H17N3O/c1-12(18)16-7-2-8-17(10-9-16)14-5-3-13(11-15)4-6-14/h3-6H,2,7-10H2,1H3. The zero-order valence-electron chi connectivity index (χ0n) is 10.6. The van der Waals surface area contributed by atoms with Crippen LogP contribution in [-0.2, 0) is 4.79 Å². The third-order valence-corrected chi connectivity index (χ3v) is 3.30. The van der Waals surface area contributed by atoms with E-state index in [4.69, 9.17) is 5.26 Å². The Morgan fingerprint density at radius 2 is 1.89 bits per heavy atom. The zero-order valence-corrected chi connectivity index (χ0v) is 10.6. The molecule has 1 heterocycles. The zero-order chi connectivity index (χ0) is 13.0. The lowest BCUT2D eigenvalue weighted by Crippen LogP contribution is -2.33. The minimum absolute atomic E-state index is 0.150. The van der Waals surface area contributed by atoms with Crippen LogP contribution in [0.4, 0.5) is 5.69 Å². The molecule has 0 unspecified atom stereocenters. The van der Waals surface area contributed by atoms with Crippen LogP contribution in [0.5, 0.6) is 0 Å². The molecule has 1 aromatic carbocycles. The highest BCUT2D eigenvalue weighted by molar-refractivity contribution is 5.73. The summed E-state index contributed by atoms with van der Waals surface area (Å²) in [6, 6.07) is 9.74. The summed E-state index contributed by atoms with van der Waals surface area (Å²) in [7, 11) is 0. The number of benzene rings is 1. The second-order valence-corrected chi connectivity index (χ2v) is 4.51. The summed E-state index contributed by atoms with van der Waals surface area (Å²) in [5.41, 5.74) is 1.80. The van der Waals surface area contributed by atoms with Crippen molar-refractivity contribution in [3.8, 4) is 6.07 Å². The normalized spacial score (nSPS) is 16.0. The van der Waals surface area contributed by atoms with Crippen molar-refractivity contribution in [2.75, 3.05) is 31.1 Å². The molecule has 0 N–H and O–H groups in total. The Bertz CT molecular complexity index is 461. The predicted molar refractivity (Wildman–Crippen MR) is 70.2 cm³/mol. The molecule has 4 nitrogen and oxygen atoms in total. The van der Waals surface area contributed by atoms with Crippen LogP contribution in [0, 0.1) is 11.3 Å². The number of rotatable bonds is 1. The van der Waals surface area contributed by atoms with Crippen LogP contribution in [-0.4, -0.2) is 37.0 Å². The Kier molecular flexibility index (Phi) is 3.83. The van der Waals surface area contributed by atoms with Crippen LogP contribution < -0.4 is 4.90 Å². The van der Waals surface area contributed by atoms with E-state index < -0.39 is 0 Å². The third kappa shape index (κ3) is 2.80. The second kappa shape index (κ2) is 5.54. The lowest BCUT2D eigenvalue weighted by Gasteiger charge is -2.23. The van der Waals surface area contributed by atoms with Crippen molar-refractivity contribution in [2.24, 2.45) is 0 Å². The molecule has 1 aromatic rings. The van der Waals surface area contributed by atoms with Gasteiger partial charge in [0.1, 0.15) is 0 Å². The molecule has 4 heteroatoms. The Balaban J connectivity index is 2.05. The molecule has 1 amide bonds. The van der Waals surface area contributed by atoms with Crippen molar-refractivity contribution in [1.29, 1.82) is 5.26 Å². The summed E-state index contributed by atoms with van der Waals surface area (Å²) in [6.07, 6.45) is 0.986. The van der Waals surface area contributed by atoms with Crippen LogP contribution in [0.25, 0.3) is 0 Å². The van der Waals surface area contributed by atoms with E-state index in [-0.39, 0.29) is 5.91 Å². The van der Waals surface area contributed by atoms with Gasteiger partial charge in [0, 0.05) is 38.8 Å². The quantitative estimate of drug-likeness (QED) is 0.753. The highest BCUT2D eigenvalue weighted by atomic mass is 16.2. The van der Waals surface area contributed by atoms with Crippen molar-refractivity contribution in [1.82, 2.24) is 4.90 Å². The topological polar surface area (TPSA) is 47.3 Å². The van der Waals surface area contributed by atoms with E-state index >= 15 is 0 Å². The maximum Gasteiger partial charge on any atom is 0.219 e. The van der Waals surface area contributed by atoms with Gasteiger partial charge in [-0.05, 0) is 30.7 Å². The average Bonchev–Trinajstić information content (AvgIpc) is 2.64. The summed E-state index contributed by atoms with van der Waals surface area (Å²) in [6.45, 7) is 5.04.